The molecule has 4 aliphatic rings. The standard InChI is InChI=1S/C39H27N3/c1-4-10-37-28-13-19-35(20-14-28)41-26-32-8-3-6-12-39(32)30-17-23-36(24-18-30)42-27-33-9-2-5-11-38(33)29-15-21-34(22-16-29)40-25-31(37)7-1/h1-27H. The van der Waals surface area contributed by atoms with E-state index in [0.717, 1.165) is 67.1 Å². The lowest BCUT2D eigenvalue weighted by Gasteiger charge is -2.09. The molecular formula is C39H27N3. The van der Waals surface area contributed by atoms with Gasteiger partial charge in [0.15, 0.2) is 0 Å². The minimum absolute atomic E-state index is 0.902. The summed E-state index contributed by atoms with van der Waals surface area (Å²) in [5.74, 6) is 0. The van der Waals surface area contributed by atoms with Gasteiger partial charge in [-0.2, -0.15) is 0 Å². The largest absolute Gasteiger partial charge is 0.256 e. The van der Waals surface area contributed by atoms with Crippen LogP contribution in [0.3, 0.4) is 0 Å². The van der Waals surface area contributed by atoms with Crippen molar-refractivity contribution in [1.29, 1.82) is 0 Å². The van der Waals surface area contributed by atoms with E-state index in [1.165, 1.54) is 0 Å². The Kier molecular flexibility index (Phi) is 6.89. The van der Waals surface area contributed by atoms with E-state index < -0.39 is 0 Å². The molecule has 0 radical (unpaired) electrons. The first-order valence-corrected chi connectivity index (χ1v) is 14.0. The number of hydrogen-bond acceptors (Lipinski definition) is 3. The van der Waals surface area contributed by atoms with Crippen LogP contribution in [0.25, 0.3) is 33.4 Å². The predicted molar refractivity (Wildman–Crippen MR) is 177 cm³/mol. The first-order chi connectivity index (χ1) is 20.8. The van der Waals surface area contributed by atoms with Crippen LogP contribution in [-0.4, -0.2) is 18.6 Å². The average Bonchev–Trinajstić information content (AvgIpc) is 3.06. The van der Waals surface area contributed by atoms with E-state index in [0.29, 0.717) is 0 Å². The SMILES string of the molecule is C1=Nc2ccc(cc2)-c2ccccc2C=Nc2ccc(cc2)-c2ccccc2C=Nc2ccc(cc2)-c2ccccc21. The lowest BCUT2D eigenvalue weighted by atomic mass is 9.99. The summed E-state index contributed by atoms with van der Waals surface area (Å²) in [7, 11) is 0. The Balaban J connectivity index is 1.35. The molecule has 0 atom stereocenters. The summed E-state index contributed by atoms with van der Waals surface area (Å²) in [4.78, 5) is 14.4. The van der Waals surface area contributed by atoms with Crippen molar-refractivity contribution in [3.8, 4) is 33.4 Å². The molecule has 4 aliphatic heterocycles. The zero-order chi connectivity index (χ0) is 28.1. The van der Waals surface area contributed by atoms with Crippen molar-refractivity contribution in [2.24, 2.45) is 15.0 Å². The highest BCUT2D eigenvalue weighted by Gasteiger charge is 2.07. The molecule has 0 unspecified atom stereocenters. The molecule has 3 nitrogen and oxygen atoms in total. The molecule has 0 saturated heterocycles. The van der Waals surface area contributed by atoms with Gasteiger partial charge in [-0.1, -0.05) is 109 Å². The molecule has 4 heterocycles. The Morgan fingerprint density at radius 1 is 0.262 bits per heavy atom. The number of hydrogen-bond donors (Lipinski definition) is 0. The second kappa shape index (κ2) is 11.4. The van der Waals surface area contributed by atoms with Crippen LogP contribution in [0.2, 0.25) is 0 Å². The summed E-state index contributed by atoms with van der Waals surface area (Å²) in [5.41, 5.74) is 12.7. The summed E-state index contributed by atoms with van der Waals surface area (Å²) >= 11 is 0. The van der Waals surface area contributed by atoms with Gasteiger partial charge in [0.05, 0.1) is 17.1 Å². The van der Waals surface area contributed by atoms with Crippen molar-refractivity contribution in [3.05, 3.63) is 162 Å². The second-order valence-electron chi connectivity index (χ2n) is 10.2. The average molecular weight is 538 g/mol. The lowest BCUT2D eigenvalue weighted by Crippen LogP contribution is -1.89. The lowest BCUT2D eigenvalue weighted by molar-refractivity contribution is 1.49. The highest BCUT2D eigenvalue weighted by Crippen LogP contribution is 2.30. The third-order valence-corrected chi connectivity index (χ3v) is 7.48. The Labute approximate surface area is 245 Å². The highest BCUT2D eigenvalue weighted by atomic mass is 14.7. The molecule has 198 valence electrons. The van der Waals surface area contributed by atoms with Gasteiger partial charge in [-0.25, -0.2) is 0 Å². The molecule has 0 spiro atoms. The Morgan fingerprint density at radius 2 is 0.524 bits per heavy atom. The Bertz CT molecular complexity index is 1720. The number of rotatable bonds is 0. The van der Waals surface area contributed by atoms with E-state index in [2.05, 4.69) is 127 Å². The molecule has 0 aliphatic carbocycles. The number of aliphatic imine (C=N–C) groups is 3. The van der Waals surface area contributed by atoms with Gasteiger partial charge in [-0.15, -0.1) is 0 Å². The minimum atomic E-state index is 0.902. The fourth-order valence-corrected chi connectivity index (χ4v) is 5.23. The Hall–Kier alpha value is -5.67. The van der Waals surface area contributed by atoms with Crippen LogP contribution in [-0.2, 0) is 0 Å². The van der Waals surface area contributed by atoms with Crippen molar-refractivity contribution in [1.82, 2.24) is 0 Å². The zero-order valence-electron chi connectivity index (χ0n) is 22.9. The van der Waals surface area contributed by atoms with Gasteiger partial charge in [-0.05, 0) is 69.8 Å². The van der Waals surface area contributed by atoms with Crippen LogP contribution in [0.15, 0.2) is 161 Å². The normalized spacial score (nSPS) is 12.0. The summed E-state index contributed by atoms with van der Waals surface area (Å²) in [6, 6.07) is 50.1. The summed E-state index contributed by atoms with van der Waals surface area (Å²) in [6.07, 6.45) is 5.83. The van der Waals surface area contributed by atoms with E-state index in [-0.39, 0.29) is 0 Å². The Morgan fingerprint density at radius 3 is 0.810 bits per heavy atom. The van der Waals surface area contributed by atoms with E-state index in [1.54, 1.807) is 0 Å². The molecule has 42 heavy (non-hydrogen) atoms. The fraction of sp³-hybridized carbons (Fsp3) is 0. The van der Waals surface area contributed by atoms with Crippen LogP contribution >= 0.6 is 0 Å². The van der Waals surface area contributed by atoms with Crippen molar-refractivity contribution in [2.45, 2.75) is 0 Å². The van der Waals surface area contributed by atoms with Crippen molar-refractivity contribution in [2.75, 3.05) is 0 Å². The quantitative estimate of drug-likeness (QED) is 0.185. The smallest absolute Gasteiger partial charge is 0.0630 e. The second-order valence-corrected chi connectivity index (χ2v) is 10.2. The van der Waals surface area contributed by atoms with E-state index in [4.69, 9.17) is 15.0 Å². The van der Waals surface area contributed by atoms with Gasteiger partial charge in [0.2, 0.25) is 0 Å². The minimum Gasteiger partial charge on any atom is -0.256 e. The first-order valence-electron chi connectivity index (χ1n) is 14.0. The zero-order valence-corrected chi connectivity index (χ0v) is 22.9. The van der Waals surface area contributed by atoms with Crippen LogP contribution in [0.1, 0.15) is 16.7 Å². The van der Waals surface area contributed by atoms with Gasteiger partial charge in [0.25, 0.3) is 0 Å². The molecule has 6 aromatic carbocycles. The van der Waals surface area contributed by atoms with Crippen LogP contribution in [0.5, 0.6) is 0 Å². The van der Waals surface area contributed by atoms with Crippen molar-refractivity contribution >= 4 is 35.7 Å². The number of benzene rings is 6. The van der Waals surface area contributed by atoms with Gasteiger partial charge < -0.3 is 0 Å². The molecule has 6 aromatic rings. The first kappa shape index (κ1) is 25.3. The third kappa shape index (κ3) is 5.36. The van der Waals surface area contributed by atoms with Gasteiger partial charge >= 0.3 is 0 Å². The highest BCUT2D eigenvalue weighted by molar-refractivity contribution is 5.94. The number of fused-ring (bicyclic) bond motifs is 3. The van der Waals surface area contributed by atoms with E-state index in [9.17, 15) is 0 Å². The third-order valence-electron chi connectivity index (χ3n) is 7.48. The topological polar surface area (TPSA) is 37.1 Å². The molecular weight excluding hydrogens is 510 g/mol. The van der Waals surface area contributed by atoms with E-state index in [1.807, 2.05) is 36.8 Å². The summed E-state index contributed by atoms with van der Waals surface area (Å²) in [6.45, 7) is 0. The monoisotopic (exact) mass is 537 g/mol. The maximum Gasteiger partial charge on any atom is 0.0630 e. The van der Waals surface area contributed by atoms with Crippen molar-refractivity contribution in [3.63, 3.8) is 0 Å². The molecule has 3 heteroatoms. The summed E-state index contributed by atoms with van der Waals surface area (Å²) in [5, 5.41) is 0. The maximum absolute atomic E-state index is 4.81. The molecule has 0 aromatic heterocycles. The molecule has 0 amide bonds. The molecule has 6 bridgehead atoms. The van der Waals surface area contributed by atoms with Gasteiger partial charge in [0.1, 0.15) is 0 Å². The van der Waals surface area contributed by atoms with Crippen molar-refractivity contribution < 1.29 is 0 Å². The molecule has 0 fully saturated rings. The van der Waals surface area contributed by atoms with E-state index >= 15 is 0 Å². The molecule has 0 saturated carbocycles. The van der Waals surface area contributed by atoms with Gasteiger partial charge in [0, 0.05) is 35.3 Å². The summed E-state index contributed by atoms with van der Waals surface area (Å²) < 4.78 is 0. The van der Waals surface area contributed by atoms with Crippen LogP contribution in [0.4, 0.5) is 17.1 Å². The van der Waals surface area contributed by atoms with Gasteiger partial charge in [-0.3, -0.25) is 15.0 Å². The predicted octanol–water partition coefficient (Wildman–Crippen LogP) is 10.3. The maximum atomic E-state index is 4.81. The van der Waals surface area contributed by atoms with Crippen LogP contribution < -0.4 is 0 Å². The van der Waals surface area contributed by atoms with Crippen LogP contribution in [0, 0.1) is 0 Å². The molecule has 0 N–H and O–H groups in total. The fourth-order valence-electron chi connectivity index (χ4n) is 5.23. The number of nitrogens with zero attached hydrogens (tertiary/aromatic N) is 3. The molecule has 10 rings (SSSR count).